The summed E-state index contributed by atoms with van der Waals surface area (Å²) in [6, 6.07) is 11.4. The van der Waals surface area contributed by atoms with E-state index < -0.39 is 0 Å². The van der Waals surface area contributed by atoms with Gasteiger partial charge >= 0.3 is 0 Å². The van der Waals surface area contributed by atoms with Crippen LogP contribution >= 0.6 is 0 Å². The number of carbonyl (C=O) groups is 1. The van der Waals surface area contributed by atoms with E-state index in [0.717, 1.165) is 29.0 Å². The van der Waals surface area contributed by atoms with Gasteiger partial charge in [0.25, 0.3) is 5.91 Å². The van der Waals surface area contributed by atoms with Gasteiger partial charge in [-0.3, -0.25) is 4.79 Å². The maximum absolute atomic E-state index is 12.4. The molecule has 0 aliphatic rings. The maximum Gasteiger partial charge on any atom is 0.255 e. The van der Waals surface area contributed by atoms with Gasteiger partial charge < -0.3 is 10.1 Å². The fourth-order valence-electron chi connectivity index (χ4n) is 2.56. The van der Waals surface area contributed by atoms with Gasteiger partial charge in [0, 0.05) is 11.3 Å². The molecule has 1 unspecified atom stereocenters. The van der Waals surface area contributed by atoms with Crippen molar-refractivity contribution in [1.29, 1.82) is 0 Å². The summed E-state index contributed by atoms with van der Waals surface area (Å²) in [5.41, 5.74) is 4.87. The van der Waals surface area contributed by atoms with E-state index in [1.807, 2.05) is 32.9 Å². The summed E-state index contributed by atoms with van der Waals surface area (Å²) >= 11 is 0. The number of anilines is 1. The molecular weight excluding hydrogens is 286 g/mol. The van der Waals surface area contributed by atoms with Crippen molar-refractivity contribution < 1.29 is 9.53 Å². The molecule has 0 aromatic heterocycles. The third-order valence-electron chi connectivity index (χ3n) is 3.94. The van der Waals surface area contributed by atoms with Gasteiger partial charge in [-0.05, 0) is 69.5 Å². The first kappa shape index (κ1) is 17.1. The molecule has 0 spiro atoms. The Morgan fingerprint density at radius 2 is 1.65 bits per heavy atom. The molecule has 0 radical (unpaired) electrons. The lowest BCUT2D eigenvalue weighted by molar-refractivity contribution is 0.102. The average molecular weight is 311 g/mol. The highest BCUT2D eigenvalue weighted by molar-refractivity contribution is 6.05. The first-order valence-corrected chi connectivity index (χ1v) is 8.06. The van der Waals surface area contributed by atoms with Gasteiger partial charge in [0.05, 0.1) is 6.10 Å². The summed E-state index contributed by atoms with van der Waals surface area (Å²) in [5, 5.41) is 3.01. The molecule has 0 fully saturated rings. The van der Waals surface area contributed by atoms with Crippen LogP contribution in [-0.4, -0.2) is 12.0 Å². The van der Waals surface area contributed by atoms with Gasteiger partial charge in [0.2, 0.25) is 0 Å². The van der Waals surface area contributed by atoms with Crippen LogP contribution in [0.25, 0.3) is 0 Å². The average Bonchev–Trinajstić information content (AvgIpc) is 2.51. The molecule has 0 aliphatic heterocycles. The maximum atomic E-state index is 12.4. The van der Waals surface area contributed by atoms with Crippen LogP contribution in [0.15, 0.2) is 36.4 Å². The first-order chi connectivity index (χ1) is 10.9. The number of aryl methyl sites for hydroxylation is 3. The summed E-state index contributed by atoms with van der Waals surface area (Å²) in [4.78, 5) is 12.4. The molecule has 2 aromatic rings. The molecule has 2 aromatic carbocycles. The normalized spacial score (nSPS) is 11.9. The summed E-state index contributed by atoms with van der Waals surface area (Å²) in [7, 11) is 0. The topological polar surface area (TPSA) is 38.3 Å². The minimum absolute atomic E-state index is 0.102. The molecule has 3 nitrogen and oxygen atoms in total. The van der Waals surface area contributed by atoms with Gasteiger partial charge in [-0.2, -0.15) is 0 Å². The zero-order chi connectivity index (χ0) is 17.0. The second-order valence-corrected chi connectivity index (χ2v) is 6.09. The fourth-order valence-corrected chi connectivity index (χ4v) is 2.56. The number of ether oxygens (including phenoxy) is 1. The lowest BCUT2D eigenvalue weighted by atomic mass is 10.0. The molecule has 1 N–H and O–H groups in total. The molecule has 0 heterocycles. The molecule has 1 amide bonds. The predicted octanol–water partition coefficient (Wildman–Crippen LogP) is 5.04. The Balaban J connectivity index is 2.12. The summed E-state index contributed by atoms with van der Waals surface area (Å²) < 4.78 is 5.74. The molecule has 2 rings (SSSR count). The van der Waals surface area contributed by atoms with E-state index in [9.17, 15) is 4.79 Å². The molecule has 0 saturated heterocycles. The Morgan fingerprint density at radius 1 is 1.09 bits per heavy atom. The number of benzene rings is 2. The van der Waals surface area contributed by atoms with Crippen molar-refractivity contribution in [2.45, 2.75) is 47.1 Å². The highest BCUT2D eigenvalue weighted by Gasteiger charge is 2.11. The van der Waals surface area contributed by atoms with Gasteiger partial charge in [-0.25, -0.2) is 0 Å². The van der Waals surface area contributed by atoms with Crippen molar-refractivity contribution in [3.05, 3.63) is 58.7 Å². The number of hydrogen-bond donors (Lipinski definition) is 1. The Kier molecular flexibility index (Phi) is 5.43. The van der Waals surface area contributed by atoms with E-state index in [4.69, 9.17) is 4.74 Å². The van der Waals surface area contributed by atoms with E-state index >= 15 is 0 Å². The number of amides is 1. The molecule has 0 aliphatic carbocycles. The van der Waals surface area contributed by atoms with Gasteiger partial charge in [-0.15, -0.1) is 0 Å². The molecule has 0 saturated carbocycles. The fraction of sp³-hybridized carbons (Fsp3) is 0.350. The van der Waals surface area contributed by atoms with Crippen LogP contribution in [0.1, 0.15) is 47.3 Å². The van der Waals surface area contributed by atoms with Crippen LogP contribution in [0.3, 0.4) is 0 Å². The van der Waals surface area contributed by atoms with Crippen molar-refractivity contribution in [3.8, 4) is 5.75 Å². The van der Waals surface area contributed by atoms with E-state index in [2.05, 4.69) is 31.3 Å². The van der Waals surface area contributed by atoms with Crippen molar-refractivity contribution in [1.82, 2.24) is 0 Å². The highest BCUT2D eigenvalue weighted by Crippen LogP contribution is 2.23. The lowest BCUT2D eigenvalue weighted by Gasteiger charge is -2.14. The van der Waals surface area contributed by atoms with Crippen LogP contribution in [0, 0.1) is 20.8 Å². The quantitative estimate of drug-likeness (QED) is 0.840. The number of nitrogens with one attached hydrogen (secondary N) is 1. The van der Waals surface area contributed by atoms with E-state index in [1.54, 1.807) is 12.1 Å². The highest BCUT2D eigenvalue weighted by atomic mass is 16.5. The lowest BCUT2D eigenvalue weighted by Crippen LogP contribution is -2.14. The second-order valence-electron chi connectivity index (χ2n) is 6.09. The molecule has 23 heavy (non-hydrogen) atoms. The van der Waals surface area contributed by atoms with Gasteiger partial charge in [-0.1, -0.05) is 24.6 Å². The zero-order valence-electron chi connectivity index (χ0n) is 14.6. The van der Waals surface area contributed by atoms with Crippen LogP contribution in [0.2, 0.25) is 0 Å². The SMILES string of the molecule is CCC(C)Oc1ccc(C(=O)Nc2c(C)cc(C)cc2C)cc1. The minimum atomic E-state index is -0.102. The molecule has 1 atom stereocenters. The van der Waals surface area contributed by atoms with Gasteiger partial charge in [0.15, 0.2) is 0 Å². The summed E-state index contributed by atoms with van der Waals surface area (Å²) in [5.74, 6) is 0.689. The Hall–Kier alpha value is -2.29. The van der Waals surface area contributed by atoms with Crippen LogP contribution in [-0.2, 0) is 0 Å². The summed E-state index contributed by atoms with van der Waals surface area (Å²) in [6.07, 6.45) is 1.13. The molecule has 122 valence electrons. The monoisotopic (exact) mass is 311 g/mol. The second kappa shape index (κ2) is 7.32. The van der Waals surface area contributed by atoms with Crippen molar-refractivity contribution >= 4 is 11.6 Å². The minimum Gasteiger partial charge on any atom is -0.491 e. The zero-order valence-corrected chi connectivity index (χ0v) is 14.6. The van der Waals surface area contributed by atoms with E-state index in [1.165, 1.54) is 5.56 Å². The largest absolute Gasteiger partial charge is 0.491 e. The molecule has 3 heteroatoms. The smallest absolute Gasteiger partial charge is 0.255 e. The van der Waals surface area contributed by atoms with Crippen LogP contribution in [0.5, 0.6) is 5.75 Å². The van der Waals surface area contributed by atoms with E-state index in [0.29, 0.717) is 5.56 Å². The third kappa shape index (κ3) is 4.35. The predicted molar refractivity (Wildman–Crippen MR) is 95.4 cm³/mol. The Labute approximate surface area is 138 Å². The number of hydrogen-bond acceptors (Lipinski definition) is 2. The van der Waals surface area contributed by atoms with Gasteiger partial charge in [0.1, 0.15) is 5.75 Å². The van der Waals surface area contributed by atoms with Crippen molar-refractivity contribution in [2.24, 2.45) is 0 Å². The van der Waals surface area contributed by atoms with E-state index in [-0.39, 0.29) is 12.0 Å². The van der Waals surface area contributed by atoms with Crippen LogP contribution in [0.4, 0.5) is 5.69 Å². The van der Waals surface area contributed by atoms with Crippen molar-refractivity contribution in [3.63, 3.8) is 0 Å². The number of rotatable bonds is 5. The Bertz CT molecular complexity index is 666. The summed E-state index contributed by atoms with van der Waals surface area (Å²) in [6.45, 7) is 10.2. The third-order valence-corrected chi connectivity index (χ3v) is 3.94. The Morgan fingerprint density at radius 3 is 2.17 bits per heavy atom. The standard InChI is InChI=1S/C20H25NO2/c1-6-16(5)23-18-9-7-17(8-10-18)20(22)21-19-14(3)11-13(2)12-15(19)4/h7-12,16H,6H2,1-5H3,(H,21,22). The number of carbonyl (C=O) groups excluding carboxylic acids is 1. The van der Waals surface area contributed by atoms with Crippen LogP contribution < -0.4 is 10.1 Å². The van der Waals surface area contributed by atoms with Crippen molar-refractivity contribution in [2.75, 3.05) is 5.32 Å². The first-order valence-electron chi connectivity index (χ1n) is 8.06. The molecular formula is C20H25NO2. The molecule has 0 bridgehead atoms.